The molecule has 3 heteroatoms. The monoisotopic (exact) mass is 226 g/mol. The van der Waals surface area contributed by atoms with Crippen molar-refractivity contribution < 1.29 is 4.79 Å². The first kappa shape index (κ1) is 10.4. The van der Waals surface area contributed by atoms with Gasteiger partial charge in [0.05, 0.1) is 5.52 Å². The summed E-state index contributed by atoms with van der Waals surface area (Å²) >= 11 is 0. The van der Waals surface area contributed by atoms with Gasteiger partial charge in [-0.15, -0.1) is 0 Å². The van der Waals surface area contributed by atoms with E-state index in [0.717, 1.165) is 42.1 Å². The van der Waals surface area contributed by atoms with E-state index in [2.05, 4.69) is 16.4 Å². The second-order valence-corrected chi connectivity index (χ2v) is 4.42. The molecular formula is C14H14N2O. The molecule has 0 amide bonds. The Morgan fingerprint density at radius 1 is 1.35 bits per heavy atom. The van der Waals surface area contributed by atoms with Crippen LogP contribution in [0.3, 0.4) is 0 Å². The summed E-state index contributed by atoms with van der Waals surface area (Å²) in [7, 11) is 0. The lowest BCUT2D eigenvalue weighted by atomic mass is 10.0. The third-order valence-electron chi connectivity index (χ3n) is 3.33. The zero-order valence-electron chi connectivity index (χ0n) is 9.52. The number of carbonyl (C=O) groups is 1. The van der Waals surface area contributed by atoms with Crippen molar-refractivity contribution in [2.24, 2.45) is 0 Å². The number of fused-ring (bicyclic) bond motifs is 1. The number of benzene rings is 1. The molecule has 1 fully saturated rings. The Morgan fingerprint density at radius 2 is 2.24 bits per heavy atom. The minimum Gasteiger partial charge on any atom is -0.310 e. The van der Waals surface area contributed by atoms with E-state index in [4.69, 9.17) is 0 Å². The third-order valence-corrected chi connectivity index (χ3v) is 3.33. The van der Waals surface area contributed by atoms with Gasteiger partial charge in [0.15, 0.2) is 6.29 Å². The smallest absolute Gasteiger partial charge is 0.168 e. The van der Waals surface area contributed by atoms with Crippen molar-refractivity contribution in [1.29, 1.82) is 0 Å². The van der Waals surface area contributed by atoms with Crippen molar-refractivity contribution in [2.75, 3.05) is 6.54 Å². The number of nitrogens with zero attached hydrogens (tertiary/aromatic N) is 1. The average Bonchev–Trinajstić information content (AvgIpc) is 2.91. The summed E-state index contributed by atoms with van der Waals surface area (Å²) in [5.74, 6) is 0. The van der Waals surface area contributed by atoms with Crippen LogP contribution in [0.15, 0.2) is 30.3 Å². The molecule has 1 aromatic carbocycles. The normalized spacial score (nSPS) is 19.6. The number of aromatic nitrogens is 1. The number of nitrogens with one attached hydrogen (secondary N) is 1. The number of carbonyl (C=O) groups excluding carboxylic acids is 1. The number of hydrogen-bond acceptors (Lipinski definition) is 3. The summed E-state index contributed by atoms with van der Waals surface area (Å²) in [5.41, 5.74) is 2.50. The van der Waals surface area contributed by atoms with Gasteiger partial charge in [0, 0.05) is 11.4 Å². The van der Waals surface area contributed by atoms with Crippen LogP contribution < -0.4 is 5.32 Å². The van der Waals surface area contributed by atoms with Gasteiger partial charge in [-0.2, -0.15) is 0 Å². The molecule has 0 spiro atoms. The molecule has 86 valence electrons. The maximum Gasteiger partial charge on any atom is 0.168 e. The molecule has 0 radical (unpaired) electrons. The second-order valence-electron chi connectivity index (χ2n) is 4.42. The predicted molar refractivity (Wildman–Crippen MR) is 67.1 cm³/mol. The fourth-order valence-electron chi connectivity index (χ4n) is 2.47. The first-order chi connectivity index (χ1) is 8.38. The van der Waals surface area contributed by atoms with E-state index in [9.17, 15) is 4.79 Å². The van der Waals surface area contributed by atoms with Gasteiger partial charge in [0.25, 0.3) is 0 Å². The predicted octanol–water partition coefficient (Wildman–Crippen LogP) is 2.47. The number of para-hydroxylation sites is 1. The molecule has 1 aliphatic rings. The molecule has 2 heterocycles. The molecule has 3 rings (SSSR count). The molecule has 1 unspecified atom stereocenters. The highest BCUT2D eigenvalue weighted by Crippen LogP contribution is 2.27. The van der Waals surface area contributed by atoms with Crippen molar-refractivity contribution in [3.05, 3.63) is 41.6 Å². The average molecular weight is 226 g/mol. The standard InChI is InChI=1S/C14H14N2O/c17-9-14-11(13-6-3-7-15-13)8-10-4-1-2-5-12(10)16-14/h1-2,4-5,8-9,13,15H,3,6-7H2. The first-order valence-corrected chi connectivity index (χ1v) is 5.97. The molecule has 1 saturated heterocycles. The summed E-state index contributed by atoms with van der Waals surface area (Å²) < 4.78 is 0. The molecule has 0 saturated carbocycles. The molecule has 17 heavy (non-hydrogen) atoms. The SMILES string of the molecule is O=Cc1nc2ccccc2cc1C1CCCN1. The van der Waals surface area contributed by atoms with Crippen LogP contribution in [-0.2, 0) is 0 Å². The van der Waals surface area contributed by atoms with Crippen LogP contribution in [0, 0.1) is 0 Å². The largest absolute Gasteiger partial charge is 0.310 e. The summed E-state index contributed by atoms with van der Waals surface area (Å²) in [5, 5.41) is 4.51. The van der Waals surface area contributed by atoms with Crippen LogP contribution in [0.1, 0.15) is 34.9 Å². The number of rotatable bonds is 2. The molecule has 1 atom stereocenters. The number of pyridine rings is 1. The van der Waals surface area contributed by atoms with Crippen molar-refractivity contribution in [1.82, 2.24) is 10.3 Å². The van der Waals surface area contributed by atoms with Gasteiger partial charge in [-0.1, -0.05) is 18.2 Å². The Balaban J connectivity index is 2.17. The molecule has 1 N–H and O–H groups in total. The van der Waals surface area contributed by atoms with Crippen molar-refractivity contribution in [3.63, 3.8) is 0 Å². The summed E-state index contributed by atoms with van der Waals surface area (Å²) in [6.45, 7) is 1.02. The van der Waals surface area contributed by atoms with Gasteiger partial charge >= 0.3 is 0 Å². The topological polar surface area (TPSA) is 42.0 Å². The van der Waals surface area contributed by atoms with E-state index in [-0.39, 0.29) is 6.04 Å². The highest BCUT2D eigenvalue weighted by molar-refractivity contribution is 5.85. The van der Waals surface area contributed by atoms with E-state index >= 15 is 0 Å². The van der Waals surface area contributed by atoms with Crippen molar-refractivity contribution >= 4 is 17.2 Å². The number of hydrogen-bond donors (Lipinski definition) is 1. The lowest BCUT2D eigenvalue weighted by Gasteiger charge is -2.13. The molecule has 1 aliphatic heterocycles. The highest BCUT2D eigenvalue weighted by atomic mass is 16.1. The highest BCUT2D eigenvalue weighted by Gasteiger charge is 2.20. The molecular weight excluding hydrogens is 212 g/mol. The minimum atomic E-state index is 0.285. The van der Waals surface area contributed by atoms with Gasteiger partial charge in [-0.3, -0.25) is 4.79 Å². The van der Waals surface area contributed by atoms with Crippen LogP contribution in [0.5, 0.6) is 0 Å². The van der Waals surface area contributed by atoms with Gasteiger partial charge in [-0.25, -0.2) is 4.98 Å². The summed E-state index contributed by atoms with van der Waals surface area (Å²) in [6.07, 6.45) is 3.11. The zero-order chi connectivity index (χ0) is 11.7. The Labute approximate surface area is 99.9 Å². The quantitative estimate of drug-likeness (QED) is 0.800. The van der Waals surface area contributed by atoms with Gasteiger partial charge in [0.1, 0.15) is 5.69 Å². The first-order valence-electron chi connectivity index (χ1n) is 5.97. The molecule has 1 aromatic heterocycles. The number of aldehydes is 1. The zero-order valence-corrected chi connectivity index (χ0v) is 9.52. The van der Waals surface area contributed by atoms with Crippen molar-refractivity contribution in [3.8, 4) is 0 Å². The van der Waals surface area contributed by atoms with E-state index in [0.29, 0.717) is 5.69 Å². The van der Waals surface area contributed by atoms with Crippen LogP contribution >= 0.6 is 0 Å². The Morgan fingerprint density at radius 3 is 3.00 bits per heavy atom. The van der Waals surface area contributed by atoms with Gasteiger partial charge in [-0.05, 0) is 37.1 Å². The Hall–Kier alpha value is -1.74. The fraction of sp³-hybridized carbons (Fsp3) is 0.286. The maximum absolute atomic E-state index is 11.1. The Bertz CT molecular complexity index is 559. The fourth-order valence-corrected chi connectivity index (χ4v) is 2.47. The lowest BCUT2D eigenvalue weighted by molar-refractivity contribution is 0.111. The van der Waals surface area contributed by atoms with Crippen LogP contribution in [0.4, 0.5) is 0 Å². The molecule has 0 aliphatic carbocycles. The summed E-state index contributed by atoms with van der Waals surface area (Å²) in [6, 6.07) is 10.3. The Kier molecular flexibility index (Phi) is 2.61. The van der Waals surface area contributed by atoms with E-state index in [1.165, 1.54) is 0 Å². The van der Waals surface area contributed by atoms with Crippen molar-refractivity contribution in [2.45, 2.75) is 18.9 Å². The van der Waals surface area contributed by atoms with Crippen LogP contribution in [-0.4, -0.2) is 17.8 Å². The van der Waals surface area contributed by atoms with E-state index < -0.39 is 0 Å². The molecule has 0 bridgehead atoms. The van der Waals surface area contributed by atoms with E-state index in [1.807, 2.05) is 24.3 Å². The van der Waals surface area contributed by atoms with Gasteiger partial charge < -0.3 is 5.32 Å². The lowest BCUT2D eigenvalue weighted by Crippen LogP contribution is -2.15. The minimum absolute atomic E-state index is 0.285. The van der Waals surface area contributed by atoms with Gasteiger partial charge in [0.2, 0.25) is 0 Å². The van der Waals surface area contributed by atoms with Crippen LogP contribution in [0.25, 0.3) is 10.9 Å². The maximum atomic E-state index is 11.1. The third kappa shape index (κ3) is 1.83. The van der Waals surface area contributed by atoms with E-state index in [1.54, 1.807) is 0 Å². The van der Waals surface area contributed by atoms with Crippen LogP contribution in [0.2, 0.25) is 0 Å². The molecule has 3 nitrogen and oxygen atoms in total. The second kappa shape index (κ2) is 4.26. The summed E-state index contributed by atoms with van der Waals surface area (Å²) in [4.78, 5) is 15.6. The molecule has 2 aromatic rings.